The van der Waals surface area contributed by atoms with E-state index in [1.807, 2.05) is 30.5 Å². The maximum atomic E-state index is 6.62. The molecule has 0 heterocycles. The van der Waals surface area contributed by atoms with Crippen LogP contribution in [0.2, 0.25) is 18.1 Å². The van der Waals surface area contributed by atoms with Crippen molar-refractivity contribution in [2.45, 2.75) is 51.6 Å². The molecule has 24 heavy (non-hydrogen) atoms. The van der Waals surface area contributed by atoms with Crippen LogP contribution in [0.1, 0.15) is 38.0 Å². The molecule has 0 bridgehead atoms. The number of hydrogen-bond donors (Lipinski definition) is 0. The third-order valence-electron chi connectivity index (χ3n) is 4.71. The van der Waals surface area contributed by atoms with Crippen LogP contribution in [-0.4, -0.2) is 14.5 Å². The summed E-state index contributed by atoms with van der Waals surface area (Å²) in [7, 11) is -1.87. The first-order valence-electron chi connectivity index (χ1n) is 8.56. The molecule has 2 rings (SSSR count). The Morgan fingerprint density at radius 3 is 2.04 bits per heavy atom. The lowest BCUT2D eigenvalue weighted by Crippen LogP contribution is -2.42. The van der Waals surface area contributed by atoms with Gasteiger partial charge in [0.05, 0.1) is 6.54 Å². The SMILES string of the molecule is CC(C)(C)[Si](C)(C)OC(C=NCc1ccccc1)c1ccccc1. The van der Waals surface area contributed by atoms with Gasteiger partial charge in [0.2, 0.25) is 0 Å². The Hall–Kier alpha value is -1.71. The minimum absolute atomic E-state index is 0.0872. The molecule has 2 aromatic carbocycles. The molecule has 1 unspecified atom stereocenters. The van der Waals surface area contributed by atoms with Gasteiger partial charge in [-0.05, 0) is 29.3 Å². The Morgan fingerprint density at radius 2 is 1.50 bits per heavy atom. The Labute approximate surface area is 147 Å². The number of benzene rings is 2. The molecule has 0 aliphatic carbocycles. The van der Waals surface area contributed by atoms with Crippen LogP contribution in [-0.2, 0) is 11.0 Å². The Balaban J connectivity index is 2.18. The van der Waals surface area contributed by atoms with E-state index in [0.717, 1.165) is 0 Å². The fraction of sp³-hybridized carbons (Fsp3) is 0.381. The molecule has 2 nitrogen and oxygen atoms in total. The van der Waals surface area contributed by atoms with Crippen LogP contribution in [0.5, 0.6) is 0 Å². The summed E-state index contributed by atoms with van der Waals surface area (Å²) >= 11 is 0. The number of aliphatic imine (C=N–C) groups is 1. The first-order valence-corrected chi connectivity index (χ1v) is 11.5. The van der Waals surface area contributed by atoms with E-state index in [9.17, 15) is 0 Å². The zero-order valence-electron chi connectivity index (χ0n) is 15.5. The van der Waals surface area contributed by atoms with Crippen molar-refractivity contribution in [1.29, 1.82) is 0 Å². The Bertz CT molecular complexity index is 645. The van der Waals surface area contributed by atoms with Gasteiger partial charge in [-0.2, -0.15) is 0 Å². The Kier molecular flexibility index (Phi) is 6.14. The maximum absolute atomic E-state index is 6.62. The molecule has 0 fully saturated rings. The van der Waals surface area contributed by atoms with E-state index in [-0.39, 0.29) is 11.1 Å². The highest BCUT2D eigenvalue weighted by molar-refractivity contribution is 6.74. The number of hydrogen-bond acceptors (Lipinski definition) is 2. The molecule has 0 saturated carbocycles. The average Bonchev–Trinajstić information content (AvgIpc) is 2.54. The van der Waals surface area contributed by atoms with Crippen LogP contribution in [0.3, 0.4) is 0 Å². The summed E-state index contributed by atoms with van der Waals surface area (Å²) < 4.78 is 6.62. The maximum Gasteiger partial charge on any atom is 0.193 e. The molecule has 2 aromatic rings. The molecule has 0 aliphatic heterocycles. The Morgan fingerprint density at radius 1 is 0.958 bits per heavy atom. The van der Waals surface area contributed by atoms with Gasteiger partial charge >= 0.3 is 0 Å². The molecule has 0 aliphatic rings. The third-order valence-corrected chi connectivity index (χ3v) is 9.17. The van der Waals surface area contributed by atoms with Crippen molar-refractivity contribution in [3.05, 3.63) is 71.8 Å². The van der Waals surface area contributed by atoms with Gasteiger partial charge in [-0.1, -0.05) is 81.4 Å². The molecule has 128 valence electrons. The van der Waals surface area contributed by atoms with E-state index in [0.29, 0.717) is 6.54 Å². The lowest BCUT2D eigenvalue weighted by molar-refractivity contribution is 0.250. The zero-order chi connectivity index (χ0) is 17.6. The van der Waals surface area contributed by atoms with Gasteiger partial charge in [0, 0.05) is 6.21 Å². The van der Waals surface area contributed by atoms with Gasteiger partial charge in [0.15, 0.2) is 8.32 Å². The fourth-order valence-corrected chi connectivity index (χ4v) is 3.34. The van der Waals surface area contributed by atoms with Crippen LogP contribution in [0.25, 0.3) is 0 Å². The predicted octanol–water partition coefficient (Wildman–Crippen LogP) is 6.02. The first kappa shape index (κ1) is 18.6. The molecular weight excluding hydrogens is 310 g/mol. The summed E-state index contributed by atoms with van der Waals surface area (Å²) in [6.07, 6.45) is 1.89. The predicted molar refractivity (Wildman–Crippen MR) is 106 cm³/mol. The van der Waals surface area contributed by atoms with E-state index in [1.165, 1.54) is 11.1 Å². The van der Waals surface area contributed by atoms with Crippen molar-refractivity contribution in [3.63, 3.8) is 0 Å². The largest absolute Gasteiger partial charge is 0.405 e. The summed E-state index contributed by atoms with van der Waals surface area (Å²) in [5.74, 6) is 0. The molecule has 0 saturated heterocycles. The molecule has 0 amide bonds. The van der Waals surface area contributed by atoms with Gasteiger partial charge in [0.1, 0.15) is 6.10 Å². The third kappa shape index (κ3) is 5.15. The lowest BCUT2D eigenvalue weighted by atomic mass is 10.1. The minimum atomic E-state index is -1.87. The second-order valence-corrected chi connectivity index (χ2v) is 12.4. The van der Waals surface area contributed by atoms with Gasteiger partial charge in [-0.25, -0.2) is 0 Å². The quantitative estimate of drug-likeness (QED) is 0.466. The molecule has 0 N–H and O–H groups in total. The van der Waals surface area contributed by atoms with Gasteiger partial charge in [-0.3, -0.25) is 4.99 Å². The van der Waals surface area contributed by atoms with Crippen LogP contribution in [0.15, 0.2) is 65.7 Å². The van der Waals surface area contributed by atoms with Crippen molar-refractivity contribution in [3.8, 4) is 0 Å². The second-order valence-electron chi connectivity index (χ2n) is 7.68. The average molecular weight is 340 g/mol. The number of rotatable bonds is 6. The highest BCUT2D eigenvalue weighted by Gasteiger charge is 2.39. The summed E-state index contributed by atoms with van der Waals surface area (Å²) in [5, 5.41) is 0.174. The summed E-state index contributed by atoms with van der Waals surface area (Å²) in [6.45, 7) is 12.1. The van der Waals surface area contributed by atoms with Crippen molar-refractivity contribution in [2.75, 3.05) is 0 Å². The first-order chi connectivity index (χ1) is 11.3. The molecule has 3 heteroatoms. The van der Waals surface area contributed by atoms with Crippen LogP contribution >= 0.6 is 0 Å². The van der Waals surface area contributed by atoms with E-state index in [2.05, 4.69) is 75.3 Å². The van der Waals surface area contributed by atoms with Gasteiger partial charge in [0.25, 0.3) is 0 Å². The van der Waals surface area contributed by atoms with E-state index >= 15 is 0 Å². The molecule has 0 radical (unpaired) electrons. The molecule has 0 aromatic heterocycles. The second kappa shape index (κ2) is 7.91. The van der Waals surface area contributed by atoms with Gasteiger partial charge in [-0.15, -0.1) is 0 Å². The van der Waals surface area contributed by atoms with Gasteiger partial charge < -0.3 is 4.43 Å². The highest BCUT2D eigenvalue weighted by atomic mass is 28.4. The van der Waals surface area contributed by atoms with E-state index in [4.69, 9.17) is 4.43 Å². The fourth-order valence-electron chi connectivity index (χ4n) is 2.16. The zero-order valence-corrected chi connectivity index (χ0v) is 16.5. The summed E-state index contributed by atoms with van der Waals surface area (Å²) in [4.78, 5) is 4.66. The topological polar surface area (TPSA) is 21.6 Å². The van der Waals surface area contributed by atoms with Crippen LogP contribution in [0.4, 0.5) is 0 Å². The normalized spacial score (nSPS) is 14.0. The smallest absolute Gasteiger partial charge is 0.193 e. The molecule has 1 atom stereocenters. The lowest BCUT2D eigenvalue weighted by Gasteiger charge is -2.38. The van der Waals surface area contributed by atoms with Crippen LogP contribution in [0, 0.1) is 0 Å². The van der Waals surface area contributed by atoms with Crippen molar-refractivity contribution in [1.82, 2.24) is 0 Å². The van der Waals surface area contributed by atoms with E-state index < -0.39 is 8.32 Å². The number of nitrogens with zero attached hydrogens (tertiary/aromatic N) is 1. The molecular formula is C21H29NOSi. The summed E-state index contributed by atoms with van der Waals surface area (Å²) in [5.41, 5.74) is 2.38. The monoisotopic (exact) mass is 339 g/mol. The van der Waals surface area contributed by atoms with Crippen molar-refractivity contribution < 1.29 is 4.43 Å². The minimum Gasteiger partial charge on any atom is -0.405 e. The van der Waals surface area contributed by atoms with Crippen LogP contribution < -0.4 is 0 Å². The standard InChI is InChI=1S/C21H29NOSi/c1-21(2,3)24(4,5)23-20(19-14-10-7-11-15-19)17-22-16-18-12-8-6-9-13-18/h6-15,17,20H,16H2,1-5H3. The highest BCUT2D eigenvalue weighted by Crippen LogP contribution is 2.39. The summed E-state index contributed by atoms with van der Waals surface area (Å²) in [6, 6.07) is 20.7. The van der Waals surface area contributed by atoms with E-state index in [1.54, 1.807) is 0 Å². The van der Waals surface area contributed by atoms with Crippen molar-refractivity contribution in [2.24, 2.45) is 4.99 Å². The van der Waals surface area contributed by atoms with Crippen molar-refractivity contribution >= 4 is 14.5 Å². The molecule has 0 spiro atoms.